The lowest BCUT2D eigenvalue weighted by molar-refractivity contribution is 0.362. The van der Waals surface area contributed by atoms with Gasteiger partial charge in [0.25, 0.3) is 0 Å². The molecule has 0 spiro atoms. The minimum atomic E-state index is 0.453. The van der Waals surface area contributed by atoms with Crippen molar-refractivity contribution < 1.29 is 0 Å². The Bertz CT molecular complexity index is 842. The number of para-hydroxylation sites is 1. The predicted molar refractivity (Wildman–Crippen MR) is 121 cm³/mol. The number of fused-ring (bicyclic) bond motifs is 1. The summed E-state index contributed by atoms with van der Waals surface area (Å²) in [6.07, 6.45) is 8.36. The van der Waals surface area contributed by atoms with E-state index in [-0.39, 0.29) is 0 Å². The van der Waals surface area contributed by atoms with Gasteiger partial charge in [-0.3, -0.25) is 0 Å². The fourth-order valence-electron chi connectivity index (χ4n) is 4.10. The van der Waals surface area contributed by atoms with Gasteiger partial charge in [0, 0.05) is 43.4 Å². The summed E-state index contributed by atoms with van der Waals surface area (Å²) < 4.78 is 0. The molecule has 5 nitrogen and oxygen atoms in total. The fourth-order valence-corrected chi connectivity index (χ4v) is 5.17. The number of nitrogens with zero attached hydrogens (tertiary/aromatic N) is 3. The molecule has 4 rings (SSSR count). The van der Waals surface area contributed by atoms with Gasteiger partial charge in [0.05, 0.1) is 5.52 Å². The van der Waals surface area contributed by atoms with Crippen molar-refractivity contribution in [2.24, 2.45) is 0 Å². The molecule has 1 aliphatic carbocycles. The maximum absolute atomic E-state index is 4.79. The molecule has 1 aromatic heterocycles. The Hall–Kier alpha value is -1.79. The van der Waals surface area contributed by atoms with Crippen molar-refractivity contribution in [2.75, 3.05) is 30.9 Å². The van der Waals surface area contributed by atoms with Gasteiger partial charge in [0.2, 0.25) is 5.95 Å². The molecule has 2 aliphatic rings. The van der Waals surface area contributed by atoms with Crippen molar-refractivity contribution in [3.63, 3.8) is 0 Å². The fraction of sp³-hybridized carbons (Fsp3) is 0.545. The molecule has 1 aromatic carbocycles. The van der Waals surface area contributed by atoms with Crippen LogP contribution in [0.25, 0.3) is 10.9 Å². The first-order valence-corrected chi connectivity index (χ1v) is 11.3. The van der Waals surface area contributed by atoms with Crippen LogP contribution >= 0.6 is 11.8 Å². The van der Waals surface area contributed by atoms with E-state index in [1.165, 1.54) is 24.2 Å². The Morgan fingerprint density at radius 2 is 1.82 bits per heavy atom. The van der Waals surface area contributed by atoms with Crippen LogP contribution in [0.5, 0.6) is 0 Å². The number of anilines is 2. The Balaban J connectivity index is 1.33. The van der Waals surface area contributed by atoms with Gasteiger partial charge in [-0.15, -0.1) is 11.8 Å². The number of thioether (sulfide) groups is 1. The van der Waals surface area contributed by atoms with Crippen LogP contribution in [0.15, 0.2) is 35.2 Å². The van der Waals surface area contributed by atoms with E-state index in [0.29, 0.717) is 12.1 Å². The maximum Gasteiger partial charge on any atom is 0.225 e. The number of rotatable bonds is 6. The van der Waals surface area contributed by atoms with E-state index in [1.54, 1.807) is 0 Å². The van der Waals surface area contributed by atoms with Gasteiger partial charge in [0.1, 0.15) is 5.82 Å². The Kier molecular flexibility index (Phi) is 6.07. The van der Waals surface area contributed by atoms with Gasteiger partial charge in [-0.1, -0.05) is 25.1 Å². The number of benzene rings is 1. The molecule has 2 heterocycles. The van der Waals surface area contributed by atoms with Gasteiger partial charge in [0.15, 0.2) is 0 Å². The van der Waals surface area contributed by atoms with Crippen LogP contribution in [-0.2, 0) is 0 Å². The number of hydrogen-bond donors (Lipinski definition) is 2. The molecule has 0 saturated heterocycles. The molecule has 1 aliphatic heterocycles. The van der Waals surface area contributed by atoms with Crippen LogP contribution in [0.3, 0.4) is 0 Å². The summed E-state index contributed by atoms with van der Waals surface area (Å²) in [7, 11) is 4.07. The normalized spacial score (nSPS) is 25.0. The van der Waals surface area contributed by atoms with E-state index in [4.69, 9.17) is 9.97 Å². The van der Waals surface area contributed by atoms with Crippen LogP contribution < -0.4 is 15.5 Å². The van der Waals surface area contributed by atoms with Crippen molar-refractivity contribution in [1.29, 1.82) is 0 Å². The van der Waals surface area contributed by atoms with Crippen LogP contribution in [0.1, 0.15) is 39.0 Å². The van der Waals surface area contributed by atoms with Gasteiger partial charge >= 0.3 is 0 Å². The maximum atomic E-state index is 4.79. The molecule has 0 radical (unpaired) electrons. The summed E-state index contributed by atoms with van der Waals surface area (Å²) in [5.41, 5.74) is 0.996. The second-order valence-electron chi connectivity index (χ2n) is 8.19. The zero-order valence-electron chi connectivity index (χ0n) is 17.1. The average Bonchev–Trinajstić information content (AvgIpc) is 3.12. The Morgan fingerprint density at radius 3 is 2.54 bits per heavy atom. The van der Waals surface area contributed by atoms with E-state index in [9.17, 15) is 0 Å². The first-order chi connectivity index (χ1) is 13.6. The van der Waals surface area contributed by atoms with Crippen molar-refractivity contribution >= 4 is 34.4 Å². The summed E-state index contributed by atoms with van der Waals surface area (Å²) in [6.45, 7) is 3.35. The second kappa shape index (κ2) is 8.70. The first-order valence-electron chi connectivity index (χ1n) is 10.4. The highest BCUT2D eigenvalue weighted by Gasteiger charge is 2.23. The predicted octanol–water partition coefficient (Wildman–Crippen LogP) is 4.42. The Morgan fingerprint density at radius 1 is 1.07 bits per heavy atom. The highest BCUT2D eigenvalue weighted by molar-refractivity contribution is 8.03. The summed E-state index contributed by atoms with van der Waals surface area (Å²) >= 11 is 2.03. The van der Waals surface area contributed by atoms with E-state index in [0.717, 1.165) is 47.3 Å². The molecule has 28 heavy (non-hydrogen) atoms. The molecule has 1 fully saturated rings. The van der Waals surface area contributed by atoms with Crippen molar-refractivity contribution in [1.82, 2.24) is 15.3 Å². The van der Waals surface area contributed by atoms with E-state index in [2.05, 4.69) is 40.7 Å². The minimum Gasteiger partial charge on any atom is -0.362 e. The summed E-state index contributed by atoms with van der Waals surface area (Å²) in [5, 5.41) is 9.21. The standard InChI is InChI=1S/C22H31N5S/c1-15-8-13-18(28-15)14-23-16-9-11-17(12-10-16)24-22-25-20-7-5-4-6-19(20)21(26-22)27(2)3/h4-7,13,15-17,23H,8-12,14H2,1-3H3,(H,24,25,26). The number of allylic oxidation sites excluding steroid dienone is 1. The number of hydrogen-bond acceptors (Lipinski definition) is 6. The average molecular weight is 398 g/mol. The van der Waals surface area contributed by atoms with Crippen molar-refractivity contribution in [3.8, 4) is 0 Å². The molecule has 150 valence electrons. The largest absolute Gasteiger partial charge is 0.362 e. The van der Waals surface area contributed by atoms with Crippen molar-refractivity contribution in [2.45, 2.75) is 56.4 Å². The van der Waals surface area contributed by atoms with Crippen molar-refractivity contribution in [3.05, 3.63) is 35.2 Å². The van der Waals surface area contributed by atoms with Crippen LogP contribution in [0.4, 0.5) is 11.8 Å². The van der Waals surface area contributed by atoms with E-state index < -0.39 is 0 Å². The van der Waals surface area contributed by atoms with Gasteiger partial charge in [-0.25, -0.2) is 4.98 Å². The third-order valence-electron chi connectivity index (χ3n) is 5.66. The summed E-state index contributed by atoms with van der Waals surface area (Å²) in [6, 6.07) is 9.31. The monoisotopic (exact) mass is 397 g/mol. The van der Waals surface area contributed by atoms with E-state index in [1.807, 2.05) is 38.0 Å². The molecular formula is C22H31N5S. The third-order valence-corrected chi connectivity index (χ3v) is 6.87. The zero-order valence-corrected chi connectivity index (χ0v) is 17.9. The molecule has 1 saturated carbocycles. The summed E-state index contributed by atoms with van der Waals surface area (Å²) in [5.74, 6) is 1.72. The van der Waals surface area contributed by atoms with E-state index >= 15 is 0 Å². The minimum absolute atomic E-state index is 0.453. The SMILES string of the molecule is CC1CC=C(CNC2CCC(Nc3nc(N(C)C)c4ccccc4n3)CC2)S1. The Labute approximate surface area is 172 Å². The highest BCUT2D eigenvalue weighted by atomic mass is 32.2. The molecule has 2 N–H and O–H groups in total. The van der Waals surface area contributed by atoms with Gasteiger partial charge < -0.3 is 15.5 Å². The molecule has 0 amide bonds. The molecule has 0 bridgehead atoms. The summed E-state index contributed by atoms with van der Waals surface area (Å²) in [4.78, 5) is 13.1. The quantitative estimate of drug-likeness (QED) is 0.753. The molecule has 2 aromatic rings. The number of aromatic nitrogens is 2. The topological polar surface area (TPSA) is 53.1 Å². The van der Waals surface area contributed by atoms with Gasteiger partial charge in [-0.05, 0) is 49.1 Å². The lowest BCUT2D eigenvalue weighted by atomic mass is 9.91. The first kappa shape index (κ1) is 19.5. The number of nitrogens with one attached hydrogen (secondary N) is 2. The third kappa shape index (κ3) is 4.61. The second-order valence-corrected chi connectivity index (χ2v) is 9.76. The van der Waals surface area contributed by atoms with Crippen LogP contribution in [0.2, 0.25) is 0 Å². The van der Waals surface area contributed by atoms with Gasteiger partial charge in [-0.2, -0.15) is 4.98 Å². The molecule has 1 atom stereocenters. The van der Waals surface area contributed by atoms with Crippen LogP contribution in [-0.4, -0.2) is 47.9 Å². The zero-order chi connectivity index (χ0) is 19.5. The molecule has 1 unspecified atom stereocenters. The highest BCUT2D eigenvalue weighted by Crippen LogP contribution is 2.31. The lowest BCUT2D eigenvalue weighted by Gasteiger charge is -2.30. The molecular weight excluding hydrogens is 366 g/mol. The molecule has 6 heteroatoms. The smallest absolute Gasteiger partial charge is 0.225 e. The lowest BCUT2D eigenvalue weighted by Crippen LogP contribution is -2.37. The van der Waals surface area contributed by atoms with Crippen LogP contribution in [0, 0.1) is 0 Å².